The molecule has 0 aliphatic rings. The summed E-state index contributed by atoms with van der Waals surface area (Å²) in [4.78, 5) is 0. The Morgan fingerprint density at radius 3 is 1.18 bits per heavy atom. The van der Waals surface area contributed by atoms with Crippen molar-refractivity contribution in [1.29, 1.82) is 0 Å². The average Bonchev–Trinajstić information content (AvgIpc) is 2.70. The van der Waals surface area contributed by atoms with Gasteiger partial charge in [0.2, 0.25) is 0 Å². The van der Waals surface area contributed by atoms with Gasteiger partial charge in [-0.2, -0.15) is 0 Å². The molecule has 1 atom stereocenters. The Balaban J connectivity index is 3.08. The highest BCUT2D eigenvalue weighted by Gasteiger charge is 2.03. The van der Waals surface area contributed by atoms with E-state index in [-0.39, 0.29) is 0 Å². The fraction of sp³-hybridized carbons (Fsp3) is 1.00. The van der Waals surface area contributed by atoms with Crippen LogP contribution in [-0.2, 0) is 4.74 Å². The zero-order valence-corrected chi connectivity index (χ0v) is 19.7. The van der Waals surface area contributed by atoms with Crippen LogP contribution in [0.1, 0.15) is 155 Å². The fourth-order valence-electron chi connectivity index (χ4n) is 3.88. The van der Waals surface area contributed by atoms with Gasteiger partial charge in [0.05, 0.1) is 0 Å². The topological polar surface area (TPSA) is 29.5 Å². The lowest BCUT2D eigenvalue weighted by Crippen LogP contribution is -2.12. The Morgan fingerprint density at radius 2 is 0.786 bits per heavy atom. The van der Waals surface area contributed by atoms with E-state index in [0.29, 0.717) is 0 Å². The molecule has 170 valence electrons. The number of hydrogen-bond acceptors (Lipinski definition) is 2. The van der Waals surface area contributed by atoms with E-state index in [0.717, 1.165) is 25.9 Å². The minimum atomic E-state index is -0.530. The summed E-state index contributed by atoms with van der Waals surface area (Å²) in [5.74, 6) is 0. The lowest BCUT2D eigenvalue weighted by atomic mass is 10.0. The quantitative estimate of drug-likeness (QED) is 0.130. The first kappa shape index (κ1) is 27.9. The van der Waals surface area contributed by atoms with Gasteiger partial charge in [-0.25, -0.2) is 0 Å². The lowest BCUT2D eigenvalue weighted by molar-refractivity contribution is -0.105. The SMILES string of the molecule is CCCCCCCCCCCCCCCCCCOC(O)CCCCCCC. The standard InChI is InChI=1S/C26H54O2/c1-3-5-7-9-10-11-12-13-14-15-16-17-18-19-21-23-25-28-26(27)24-22-20-8-6-4-2/h26-27H,3-25H2,1-2H3. The van der Waals surface area contributed by atoms with Gasteiger partial charge in [0.15, 0.2) is 6.29 Å². The molecule has 0 aromatic rings. The van der Waals surface area contributed by atoms with E-state index in [1.807, 2.05) is 0 Å². The maximum absolute atomic E-state index is 9.81. The molecule has 0 aromatic carbocycles. The normalized spacial score (nSPS) is 12.5. The molecule has 0 spiro atoms. The van der Waals surface area contributed by atoms with Crippen LogP contribution < -0.4 is 0 Å². The van der Waals surface area contributed by atoms with Crippen LogP contribution in [0, 0.1) is 0 Å². The van der Waals surface area contributed by atoms with Crippen molar-refractivity contribution in [2.75, 3.05) is 6.61 Å². The molecule has 1 N–H and O–H groups in total. The number of rotatable bonds is 24. The van der Waals surface area contributed by atoms with E-state index in [1.165, 1.54) is 122 Å². The third kappa shape index (κ3) is 24.0. The Hall–Kier alpha value is -0.0800. The molecule has 28 heavy (non-hydrogen) atoms. The first-order chi connectivity index (χ1) is 13.8. The van der Waals surface area contributed by atoms with Crippen LogP contribution in [0.2, 0.25) is 0 Å². The molecule has 0 radical (unpaired) electrons. The van der Waals surface area contributed by atoms with E-state index in [9.17, 15) is 5.11 Å². The number of ether oxygens (including phenoxy) is 1. The van der Waals surface area contributed by atoms with Crippen LogP contribution >= 0.6 is 0 Å². The predicted molar refractivity (Wildman–Crippen MR) is 125 cm³/mol. The van der Waals surface area contributed by atoms with Crippen LogP contribution in [0.5, 0.6) is 0 Å². The van der Waals surface area contributed by atoms with Crippen molar-refractivity contribution in [1.82, 2.24) is 0 Å². The van der Waals surface area contributed by atoms with Crippen molar-refractivity contribution >= 4 is 0 Å². The minimum absolute atomic E-state index is 0.530. The van der Waals surface area contributed by atoms with E-state index in [4.69, 9.17) is 4.74 Å². The molecule has 0 bridgehead atoms. The number of aliphatic hydroxyl groups is 1. The zero-order valence-electron chi connectivity index (χ0n) is 19.7. The minimum Gasteiger partial charge on any atom is -0.368 e. The molecule has 0 aromatic heterocycles. The monoisotopic (exact) mass is 398 g/mol. The molecule has 0 rings (SSSR count). The van der Waals surface area contributed by atoms with E-state index < -0.39 is 6.29 Å². The summed E-state index contributed by atoms with van der Waals surface area (Å²) in [6.45, 7) is 5.25. The lowest BCUT2D eigenvalue weighted by Gasteiger charge is -2.11. The summed E-state index contributed by atoms with van der Waals surface area (Å²) in [5.41, 5.74) is 0. The number of unbranched alkanes of at least 4 members (excludes halogenated alkanes) is 19. The van der Waals surface area contributed by atoms with Gasteiger partial charge in [0.1, 0.15) is 0 Å². The molecule has 2 nitrogen and oxygen atoms in total. The van der Waals surface area contributed by atoms with Crippen LogP contribution in [-0.4, -0.2) is 18.0 Å². The van der Waals surface area contributed by atoms with Crippen LogP contribution in [0.15, 0.2) is 0 Å². The summed E-state index contributed by atoms with van der Waals surface area (Å²) in [6.07, 6.45) is 28.7. The van der Waals surface area contributed by atoms with Crippen molar-refractivity contribution in [2.45, 2.75) is 161 Å². The van der Waals surface area contributed by atoms with Crippen LogP contribution in [0.3, 0.4) is 0 Å². The molecular formula is C26H54O2. The Bertz CT molecular complexity index is 267. The van der Waals surface area contributed by atoms with Gasteiger partial charge in [-0.05, 0) is 19.3 Å². The Morgan fingerprint density at radius 1 is 0.464 bits per heavy atom. The third-order valence-electron chi connectivity index (χ3n) is 5.86. The smallest absolute Gasteiger partial charge is 0.154 e. The molecule has 0 saturated carbocycles. The summed E-state index contributed by atoms with van der Waals surface area (Å²) in [6, 6.07) is 0. The second-order valence-electron chi connectivity index (χ2n) is 8.83. The van der Waals surface area contributed by atoms with Gasteiger partial charge >= 0.3 is 0 Å². The van der Waals surface area contributed by atoms with Gasteiger partial charge in [-0.3, -0.25) is 0 Å². The van der Waals surface area contributed by atoms with Gasteiger partial charge in [-0.15, -0.1) is 0 Å². The summed E-state index contributed by atoms with van der Waals surface area (Å²) >= 11 is 0. The van der Waals surface area contributed by atoms with Crippen molar-refractivity contribution in [3.05, 3.63) is 0 Å². The van der Waals surface area contributed by atoms with E-state index in [1.54, 1.807) is 0 Å². The van der Waals surface area contributed by atoms with Gasteiger partial charge in [-0.1, -0.05) is 136 Å². The van der Waals surface area contributed by atoms with Crippen LogP contribution in [0.4, 0.5) is 0 Å². The summed E-state index contributed by atoms with van der Waals surface area (Å²) < 4.78 is 5.52. The fourth-order valence-corrected chi connectivity index (χ4v) is 3.88. The number of hydrogen-bond donors (Lipinski definition) is 1. The molecule has 0 fully saturated rings. The average molecular weight is 399 g/mol. The highest BCUT2D eigenvalue weighted by Crippen LogP contribution is 2.14. The second kappa shape index (κ2) is 25.0. The Labute approximate surface area is 178 Å². The van der Waals surface area contributed by atoms with Gasteiger partial charge in [0, 0.05) is 6.61 Å². The molecule has 0 heterocycles. The second-order valence-corrected chi connectivity index (χ2v) is 8.83. The predicted octanol–water partition coefficient (Wildman–Crippen LogP) is 8.94. The molecule has 0 aliphatic carbocycles. The van der Waals surface area contributed by atoms with E-state index >= 15 is 0 Å². The van der Waals surface area contributed by atoms with Gasteiger partial charge in [0.25, 0.3) is 0 Å². The molecule has 0 aliphatic heterocycles. The zero-order chi connectivity index (χ0) is 20.5. The highest BCUT2D eigenvalue weighted by atomic mass is 16.6. The Kier molecular flexibility index (Phi) is 24.9. The van der Waals surface area contributed by atoms with Crippen molar-refractivity contribution in [3.63, 3.8) is 0 Å². The highest BCUT2D eigenvalue weighted by molar-refractivity contribution is 4.51. The van der Waals surface area contributed by atoms with Crippen molar-refractivity contribution in [3.8, 4) is 0 Å². The van der Waals surface area contributed by atoms with Crippen LogP contribution in [0.25, 0.3) is 0 Å². The van der Waals surface area contributed by atoms with Crippen molar-refractivity contribution < 1.29 is 9.84 Å². The van der Waals surface area contributed by atoms with Gasteiger partial charge < -0.3 is 9.84 Å². The number of aliphatic hydroxyl groups excluding tert-OH is 1. The summed E-state index contributed by atoms with van der Waals surface area (Å²) in [5, 5.41) is 9.81. The first-order valence-electron chi connectivity index (χ1n) is 13.1. The largest absolute Gasteiger partial charge is 0.368 e. The molecule has 2 heteroatoms. The maximum Gasteiger partial charge on any atom is 0.154 e. The van der Waals surface area contributed by atoms with Crippen molar-refractivity contribution in [2.24, 2.45) is 0 Å². The molecule has 1 unspecified atom stereocenters. The molecular weight excluding hydrogens is 344 g/mol. The third-order valence-corrected chi connectivity index (χ3v) is 5.86. The maximum atomic E-state index is 9.81. The van der Waals surface area contributed by atoms with E-state index in [2.05, 4.69) is 13.8 Å². The summed E-state index contributed by atoms with van der Waals surface area (Å²) in [7, 11) is 0. The molecule has 0 saturated heterocycles. The molecule has 0 amide bonds. The first-order valence-corrected chi connectivity index (χ1v) is 13.1.